The lowest BCUT2D eigenvalue weighted by atomic mass is 9.77. The van der Waals surface area contributed by atoms with Crippen LogP contribution in [0, 0.1) is 0 Å². The standard InChI is InChI=1S/C63H74ClN7O22/c1-40(72)86-38-88-58(77)35-70(36-59(78)89-39-87-41(2)73)53-17-11-44(29-56(53)81-6)61(79)66-45-12-14-50-48(30-45)62(80)93-63(50)51-15-13-47(90-42(3)74)31-55(51)92-60-49(54(91-43(4)75)18-16-52(60)63)34-69(5)32-46-33-71(68-67-46)21-24-84-27-28-85-37-57(76)65-20-23-83-26-25-82-22-10-8-7-9-19-64/h11-18,29-31,33H,7-10,19-28,32,34-39H2,1-6H3,(H,65,76)(H,66,79). The van der Waals surface area contributed by atoms with Crippen molar-refractivity contribution in [1.82, 2.24) is 25.2 Å². The first-order valence-electron chi connectivity index (χ1n) is 29.5. The highest BCUT2D eigenvalue weighted by Gasteiger charge is 2.54. The number of carbonyl (C=O) groups is 9. The molecule has 30 heteroatoms. The molecule has 2 aliphatic heterocycles. The van der Waals surface area contributed by atoms with Crippen LogP contribution in [-0.2, 0) is 101 Å². The summed E-state index contributed by atoms with van der Waals surface area (Å²) in [6, 6.07) is 16.5. The molecule has 500 valence electrons. The molecule has 1 spiro atoms. The molecule has 29 nitrogen and oxygen atoms in total. The molecule has 1 unspecified atom stereocenters. The molecule has 3 heterocycles. The molecule has 2 aliphatic rings. The van der Waals surface area contributed by atoms with Gasteiger partial charge in [-0.05, 0) is 74.5 Å². The molecule has 7 rings (SSSR count). The van der Waals surface area contributed by atoms with Gasteiger partial charge in [-0.3, -0.25) is 43.3 Å². The number of halogens is 1. The Morgan fingerprint density at radius 3 is 2.02 bits per heavy atom. The van der Waals surface area contributed by atoms with Crippen LogP contribution in [0.25, 0.3) is 0 Å². The third-order valence-corrected chi connectivity index (χ3v) is 14.1. The number of benzene rings is 4. The number of aromatic nitrogens is 3. The molecule has 2 N–H and O–H groups in total. The van der Waals surface area contributed by atoms with Gasteiger partial charge in [-0.2, -0.15) is 0 Å². The number of nitrogens with one attached hydrogen (secondary N) is 2. The Bertz CT molecular complexity index is 3440. The number of alkyl halides is 1. The summed E-state index contributed by atoms with van der Waals surface area (Å²) in [5.41, 5.74) is 0.624. The summed E-state index contributed by atoms with van der Waals surface area (Å²) in [6.07, 6.45) is 5.94. The van der Waals surface area contributed by atoms with Gasteiger partial charge in [0, 0.05) is 100 Å². The molecule has 0 aliphatic carbocycles. The average Bonchev–Trinajstić information content (AvgIpc) is 1.63. The van der Waals surface area contributed by atoms with E-state index in [1.165, 1.54) is 62.3 Å². The fourth-order valence-electron chi connectivity index (χ4n) is 9.74. The number of fused-ring (bicyclic) bond motifs is 6. The summed E-state index contributed by atoms with van der Waals surface area (Å²) >= 11 is 5.70. The molecule has 93 heavy (non-hydrogen) atoms. The number of esters is 7. The third kappa shape index (κ3) is 20.9. The number of nitrogens with zero attached hydrogens (tertiary/aromatic N) is 5. The van der Waals surface area contributed by atoms with E-state index in [0.717, 1.165) is 39.5 Å². The molecule has 2 amide bonds. The quantitative estimate of drug-likeness (QED) is 0.0123. The van der Waals surface area contributed by atoms with Crippen molar-refractivity contribution in [2.75, 3.05) is 116 Å². The van der Waals surface area contributed by atoms with Crippen LogP contribution in [0.2, 0.25) is 0 Å². The fourth-order valence-corrected chi connectivity index (χ4v) is 9.92. The molecule has 0 fully saturated rings. The molecule has 0 bridgehead atoms. The predicted molar refractivity (Wildman–Crippen MR) is 327 cm³/mol. The van der Waals surface area contributed by atoms with E-state index >= 15 is 0 Å². The third-order valence-electron chi connectivity index (χ3n) is 13.8. The van der Waals surface area contributed by atoms with Gasteiger partial charge in [0.15, 0.2) is 5.60 Å². The van der Waals surface area contributed by atoms with Gasteiger partial charge in [-0.1, -0.05) is 24.1 Å². The molecule has 5 aromatic rings. The normalized spacial score (nSPS) is 13.4. The number of amides is 2. The Hall–Kier alpha value is -9.26. The van der Waals surface area contributed by atoms with Gasteiger partial charge in [0.25, 0.3) is 5.91 Å². The monoisotopic (exact) mass is 1320 g/mol. The zero-order valence-electron chi connectivity index (χ0n) is 52.4. The number of anilines is 2. The number of methoxy groups -OCH3 is 1. The zero-order chi connectivity index (χ0) is 66.9. The first-order valence-corrected chi connectivity index (χ1v) is 30.1. The largest absolute Gasteiger partial charge is 0.495 e. The van der Waals surface area contributed by atoms with Crippen LogP contribution in [0.4, 0.5) is 11.4 Å². The second kappa shape index (κ2) is 35.5. The van der Waals surface area contributed by atoms with E-state index in [4.69, 9.17) is 63.7 Å². The Kier molecular flexibility index (Phi) is 27.2. The lowest BCUT2D eigenvalue weighted by Crippen LogP contribution is -2.37. The maximum Gasteiger partial charge on any atom is 0.340 e. The van der Waals surface area contributed by atoms with Crippen LogP contribution >= 0.6 is 11.6 Å². The molecule has 1 aromatic heterocycles. The number of hydrogen-bond acceptors (Lipinski definition) is 26. The summed E-state index contributed by atoms with van der Waals surface area (Å²) in [5.74, 6) is -4.99. The second-order valence-corrected chi connectivity index (χ2v) is 21.3. The van der Waals surface area contributed by atoms with E-state index < -0.39 is 80.0 Å². The molecule has 0 saturated carbocycles. The SMILES string of the molecule is COc1cc(C(=O)Nc2ccc3c(c2)C(=O)OC32c3ccc(OC(C)=O)cc3Oc3c2ccc(OC(C)=O)c3CN(C)Cc2cn(CCOCCOCC(=O)NCCOCCOCCCCCCCl)nn2)ccc1N(CC(=O)OCOC(C)=O)CC(=O)OCOC(C)=O. The molecule has 0 radical (unpaired) electrons. The number of carbonyl (C=O) groups excluding carboxylic acids is 9. The number of unbranched alkanes of at least 4 members (excludes halogenated alkanes) is 3. The summed E-state index contributed by atoms with van der Waals surface area (Å²) in [5, 5.41) is 14.1. The van der Waals surface area contributed by atoms with Crippen LogP contribution < -0.4 is 34.5 Å². The summed E-state index contributed by atoms with van der Waals surface area (Å²) in [4.78, 5) is 117. The van der Waals surface area contributed by atoms with Gasteiger partial charge in [-0.25, -0.2) is 9.48 Å². The highest BCUT2D eigenvalue weighted by atomic mass is 35.5. The summed E-state index contributed by atoms with van der Waals surface area (Å²) in [6.45, 7) is 5.68. The first kappa shape index (κ1) is 71.2. The van der Waals surface area contributed by atoms with E-state index in [2.05, 4.69) is 30.4 Å². The summed E-state index contributed by atoms with van der Waals surface area (Å²) < 4.78 is 73.2. The highest BCUT2D eigenvalue weighted by molar-refractivity contribution is 6.17. The van der Waals surface area contributed by atoms with Crippen LogP contribution in [0.3, 0.4) is 0 Å². The van der Waals surface area contributed by atoms with Crippen molar-refractivity contribution in [2.45, 2.75) is 78.6 Å². The minimum Gasteiger partial charge on any atom is -0.495 e. The van der Waals surface area contributed by atoms with Crippen LogP contribution in [-0.4, -0.2) is 180 Å². The topological polar surface area (TPSA) is 335 Å². The van der Waals surface area contributed by atoms with E-state index in [1.54, 1.807) is 48.3 Å². The van der Waals surface area contributed by atoms with Crippen molar-refractivity contribution >= 4 is 76.6 Å². The van der Waals surface area contributed by atoms with Crippen molar-refractivity contribution in [3.05, 3.63) is 112 Å². The lowest BCUT2D eigenvalue weighted by molar-refractivity contribution is -0.165. The maximum absolute atomic E-state index is 14.4. The minimum atomic E-state index is -1.73. The number of rotatable bonds is 38. The average molecular weight is 1320 g/mol. The maximum atomic E-state index is 14.4. The van der Waals surface area contributed by atoms with Gasteiger partial charge in [0.05, 0.1) is 75.8 Å². The van der Waals surface area contributed by atoms with Gasteiger partial charge in [0.1, 0.15) is 48.4 Å². The minimum absolute atomic E-state index is 0.0145. The van der Waals surface area contributed by atoms with Crippen molar-refractivity contribution in [3.63, 3.8) is 0 Å². The Balaban J connectivity index is 1.02. The smallest absolute Gasteiger partial charge is 0.340 e. The Labute approximate surface area is 540 Å². The fraction of sp³-hybridized carbons (Fsp3) is 0.444. The Morgan fingerprint density at radius 2 is 1.33 bits per heavy atom. The molecular formula is C63H74ClN7O22. The van der Waals surface area contributed by atoms with Crippen molar-refractivity contribution in [1.29, 1.82) is 0 Å². The van der Waals surface area contributed by atoms with Crippen LogP contribution in [0.1, 0.15) is 102 Å². The Morgan fingerprint density at radius 1 is 0.667 bits per heavy atom. The predicted octanol–water partition coefficient (Wildman–Crippen LogP) is 5.51. The van der Waals surface area contributed by atoms with Gasteiger partial charge in [-0.15, -0.1) is 16.7 Å². The second-order valence-electron chi connectivity index (χ2n) is 20.9. The first-order chi connectivity index (χ1) is 44.8. The highest BCUT2D eigenvalue weighted by Crippen LogP contribution is 2.58. The van der Waals surface area contributed by atoms with Crippen molar-refractivity contribution in [3.8, 4) is 28.7 Å². The summed E-state index contributed by atoms with van der Waals surface area (Å²) in [7, 11) is 3.09. The van der Waals surface area contributed by atoms with Crippen LogP contribution in [0.15, 0.2) is 72.9 Å². The van der Waals surface area contributed by atoms with Gasteiger partial charge >= 0.3 is 41.8 Å². The number of hydrogen-bond donors (Lipinski definition) is 2. The van der Waals surface area contributed by atoms with E-state index in [9.17, 15) is 43.2 Å². The number of ether oxygens (including phenoxy) is 13. The van der Waals surface area contributed by atoms with Crippen LogP contribution in [0.5, 0.6) is 28.7 Å². The van der Waals surface area contributed by atoms with Gasteiger partial charge < -0.3 is 77.1 Å². The molecule has 1 atom stereocenters. The zero-order valence-corrected chi connectivity index (χ0v) is 53.1. The lowest BCUT2D eigenvalue weighted by Gasteiger charge is -2.38. The van der Waals surface area contributed by atoms with Crippen molar-refractivity contribution < 1.29 is 105 Å². The van der Waals surface area contributed by atoms with E-state index in [1.807, 2.05) is 4.90 Å². The molecular weight excluding hydrogens is 1240 g/mol. The van der Waals surface area contributed by atoms with Gasteiger partial charge in [0.2, 0.25) is 19.5 Å². The van der Waals surface area contributed by atoms with E-state index in [0.29, 0.717) is 73.3 Å². The molecule has 4 aromatic carbocycles. The van der Waals surface area contributed by atoms with Crippen molar-refractivity contribution in [2.24, 2.45) is 0 Å². The van der Waals surface area contributed by atoms with E-state index in [-0.39, 0.29) is 96.7 Å². The molecule has 0 saturated heterocycles.